The van der Waals surface area contributed by atoms with Gasteiger partial charge in [-0.3, -0.25) is 4.79 Å². The van der Waals surface area contributed by atoms with Crippen LogP contribution in [0.25, 0.3) is 0 Å². The zero-order chi connectivity index (χ0) is 16.2. The van der Waals surface area contributed by atoms with Gasteiger partial charge in [0.15, 0.2) is 0 Å². The van der Waals surface area contributed by atoms with Crippen LogP contribution in [0.3, 0.4) is 0 Å². The van der Waals surface area contributed by atoms with Crippen molar-refractivity contribution in [3.05, 3.63) is 29.8 Å². The van der Waals surface area contributed by atoms with E-state index in [2.05, 4.69) is 0 Å². The summed E-state index contributed by atoms with van der Waals surface area (Å²) < 4.78 is 38.2. The highest BCUT2D eigenvalue weighted by atomic mass is 19.4. The highest BCUT2D eigenvalue weighted by Gasteiger charge is 2.31. The number of nitrogens with zero attached hydrogens (tertiary/aromatic N) is 2. The standard InChI is InChI=1S/C15H20F3N3O/c16-15(17,18)12-3-1-4-13(11-12)20-7-9-21(10-8-20)14(22)5-2-6-19/h1,3-4,11H,2,5-10,19H2. The van der Waals surface area contributed by atoms with E-state index in [4.69, 9.17) is 5.73 Å². The Balaban J connectivity index is 1.96. The number of rotatable bonds is 4. The van der Waals surface area contributed by atoms with Gasteiger partial charge in [0.25, 0.3) is 0 Å². The number of amides is 1. The number of hydrogen-bond donors (Lipinski definition) is 1. The Kier molecular flexibility index (Phi) is 5.28. The highest BCUT2D eigenvalue weighted by Crippen LogP contribution is 2.31. The number of carbonyl (C=O) groups is 1. The van der Waals surface area contributed by atoms with E-state index in [1.807, 2.05) is 4.90 Å². The molecule has 2 rings (SSSR count). The van der Waals surface area contributed by atoms with E-state index in [1.54, 1.807) is 11.0 Å². The average molecular weight is 315 g/mol. The van der Waals surface area contributed by atoms with E-state index in [9.17, 15) is 18.0 Å². The quantitative estimate of drug-likeness (QED) is 0.925. The molecule has 1 aromatic carbocycles. The second kappa shape index (κ2) is 7.00. The van der Waals surface area contributed by atoms with Crippen molar-refractivity contribution in [3.63, 3.8) is 0 Å². The van der Waals surface area contributed by atoms with Gasteiger partial charge < -0.3 is 15.5 Å². The molecule has 0 spiro atoms. The van der Waals surface area contributed by atoms with Crippen LogP contribution in [0.1, 0.15) is 18.4 Å². The van der Waals surface area contributed by atoms with Gasteiger partial charge in [-0.1, -0.05) is 6.07 Å². The van der Waals surface area contributed by atoms with Gasteiger partial charge in [0, 0.05) is 38.3 Å². The molecular formula is C15H20F3N3O. The van der Waals surface area contributed by atoms with Crippen molar-refractivity contribution < 1.29 is 18.0 Å². The van der Waals surface area contributed by atoms with Crippen LogP contribution < -0.4 is 10.6 Å². The summed E-state index contributed by atoms with van der Waals surface area (Å²) in [5, 5.41) is 0. The molecule has 1 aliphatic heterocycles. The van der Waals surface area contributed by atoms with Crippen LogP contribution in [-0.2, 0) is 11.0 Å². The summed E-state index contributed by atoms with van der Waals surface area (Å²) in [6.07, 6.45) is -3.25. The summed E-state index contributed by atoms with van der Waals surface area (Å²) in [6, 6.07) is 5.31. The van der Waals surface area contributed by atoms with E-state index in [0.29, 0.717) is 51.3 Å². The first-order chi connectivity index (χ1) is 10.4. The molecule has 0 unspecified atom stereocenters. The maximum absolute atomic E-state index is 12.7. The minimum atomic E-state index is -4.34. The van der Waals surface area contributed by atoms with Crippen LogP contribution in [0.5, 0.6) is 0 Å². The average Bonchev–Trinajstić information content (AvgIpc) is 2.52. The molecule has 2 N–H and O–H groups in total. The molecule has 1 amide bonds. The second-order valence-corrected chi connectivity index (χ2v) is 5.31. The van der Waals surface area contributed by atoms with Gasteiger partial charge in [-0.05, 0) is 31.2 Å². The fourth-order valence-electron chi connectivity index (χ4n) is 2.50. The normalized spacial score (nSPS) is 16.0. The Morgan fingerprint density at radius 3 is 2.45 bits per heavy atom. The Hall–Kier alpha value is -1.76. The van der Waals surface area contributed by atoms with Crippen LogP contribution >= 0.6 is 0 Å². The number of piperazine rings is 1. The van der Waals surface area contributed by atoms with E-state index in [0.717, 1.165) is 12.1 Å². The Morgan fingerprint density at radius 1 is 1.18 bits per heavy atom. The van der Waals surface area contributed by atoms with Gasteiger partial charge in [-0.15, -0.1) is 0 Å². The molecule has 4 nitrogen and oxygen atoms in total. The first-order valence-electron chi connectivity index (χ1n) is 7.32. The number of benzene rings is 1. The summed E-state index contributed by atoms with van der Waals surface area (Å²) in [5.74, 6) is 0.0640. The largest absolute Gasteiger partial charge is 0.416 e. The lowest BCUT2D eigenvalue weighted by molar-refractivity contribution is -0.137. The van der Waals surface area contributed by atoms with Gasteiger partial charge in [0.2, 0.25) is 5.91 Å². The lowest BCUT2D eigenvalue weighted by Crippen LogP contribution is -2.48. The minimum absolute atomic E-state index is 0.0640. The predicted molar refractivity (Wildman–Crippen MR) is 78.5 cm³/mol. The molecule has 1 aliphatic rings. The van der Waals surface area contributed by atoms with Crippen LogP contribution in [0, 0.1) is 0 Å². The van der Waals surface area contributed by atoms with E-state index in [1.165, 1.54) is 6.07 Å². The molecule has 0 aromatic heterocycles. The Bertz CT molecular complexity index is 511. The van der Waals surface area contributed by atoms with Gasteiger partial charge in [-0.25, -0.2) is 0 Å². The maximum Gasteiger partial charge on any atom is 0.416 e. The Morgan fingerprint density at radius 2 is 1.86 bits per heavy atom. The first kappa shape index (κ1) is 16.6. The molecule has 0 radical (unpaired) electrons. The molecule has 0 atom stereocenters. The molecule has 0 aliphatic carbocycles. The Labute approximate surface area is 127 Å². The summed E-state index contributed by atoms with van der Waals surface area (Å²) >= 11 is 0. The third-order valence-electron chi connectivity index (χ3n) is 3.77. The predicted octanol–water partition coefficient (Wildman–Crippen LogP) is 2.09. The monoisotopic (exact) mass is 315 g/mol. The lowest BCUT2D eigenvalue weighted by Gasteiger charge is -2.36. The third-order valence-corrected chi connectivity index (χ3v) is 3.77. The number of anilines is 1. The number of hydrogen-bond acceptors (Lipinski definition) is 3. The summed E-state index contributed by atoms with van der Waals surface area (Å²) in [6.45, 7) is 2.61. The van der Waals surface area contributed by atoms with Gasteiger partial charge in [0.1, 0.15) is 0 Å². The third kappa shape index (κ3) is 4.13. The molecule has 7 heteroatoms. The second-order valence-electron chi connectivity index (χ2n) is 5.31. The molecule has 1 aromatic rings. The SMILES string of the molecule is NCCCC(=O)N1CCN(c2cccc(C(F)(F)F)c2)CC1. The number of halogens is 3. The molecule has 1 heterocycles. The fourth-order valence-corrected chi connectivity index (χ4v) is 2.50. The van der Waals surface area contributed by atoms with E-state index >= 15 is 0 Å². The van der Waals surface area contributed by atoms with E-state index in [-0.39, 0.29) is 5.91 Å². The van der Waals surface area contributed by atoms with Gasteiger partial charge in [0.05, 0.1) is 5.56 Å². The number of nitrogens with two attached hydrogens (primary N) is 1. The smallest absolute Gasteiger partial charge is 0.368 e. The molecule has 122 valence electrons. The van der Waals surface area contributed by atoms with Crippen molar-refractivity contribution in [2.24, 2.45) is 5.73 Å². The molecule has 0 bridgehead atoms. The van der Waals surface area contributed by atoms with Gasteiger partial charge in [-0.2, -0.15) is 13.2 Å². The van der Waals surface area contributed by atoms with Crippen molar-refractivity contribution in [1.29, 1.82) is 0 Å². The maximum atomic E-state index is 12.7. The van der Waals surface area contributed by atoms with Crippen molar-refractivity contribution in [1.82, 2.24) is 4.90 Å². The zero-order valence-electron chi connectivity index (χ0n) is 12.3. The van der Waals surface area contributed by atoms with Gasteiger partial charge >= 0.3 is 6.18 Å². The van der Waals surface area contributed by atoms with Crippen molar-refractivity contribution in [2.45, 2.75) is 19.0 Å². The first-order valence-corrected chi connectivity index (χ1v) is 7.32. The van der Waals surface area contributed by atoms with E-state index < -0.39 is 11.7 Å². The summed E-state index contributed by atoms with van der Waals surface area (Å²) in [4.78, 5) is 15.5. The van der Waals surface area contributed by atoms with Crippen LogP contribution in [-0.4, -0.2) is 43.5 Å². The minimum Gasteiger partial charge on any atom is -0.368 e. The molecular weight excluding hydrogens is 295 g/mol. The highest BCUT2D eigenvalue weighted by molar-refractivity contribution is 5.76. The summed E-state index contributed by atoms with van der Waals surface area (Å²) in [5.41, 5.74) is 5.28. The van der Waals surface area contributed by atoms with Crippen LogP contribution in [0.15, 0.2) is 24.3 Å². The topological polar surface area (TPSA) is 49.6 Å². The lowest BCUT2D eigenvalue weighted by atomic mass is 10.1. The molecule has 1 saturated heterocycles. The zero-order valence-corrected chi connectivity index (χ0v) is 12.3. The molecule has 22 heavy (non-hydrogen) atoms. The van der Waals surface area contributed by atoms with Crippen molar-refractivity contribution in [2.75, 3.05) is 37.6 Å². The number of carbonyl (C=O) groups excluding carboxylic acids is 1. The van der Waals surface area contributed by atoms with Crippen LogP contribution in [0.2, 0.25) is 0 Å². The molecule has 0 saturated carbocycles. The van der Waals surface area contributed by atoms with Crippen molar-refractivity contribution in [3.8, 4) is 0 Å². The molecule has 1 fully saturated rings. The van der Waals surface area contributed by atoms with Crippen molar-refractivity contribution >= 4 is 11.6 Å². The fraction of sp³-hybridized carbons (Fsp3) is 0.533. The van der Waals surface area contributed by atoms with Crippen LogP contribution in [0.4, 0.5) is 18.9 Å². The summed E-state index contributed by atoms with van der Waals surface area (Å²) in [7, 11) is 0. The number of alkyl halides is 3.